The molecule has 2 rings (SSSR count). The van der Waals surface area contributed by atoms with Crippen LogP contribution in [-0.2, 0) is 6.42 Å². The van der Waals surface area contributed by atoms with E-state index in [9.17, 15) is 0 Å². The van der Waals surface area contributed by atoms with Gasteiger partial charge in [-0.05, 0) is 29.9 Å². The van der Waals surface area contributed by atoms with E-state index in [1.54, 1.807) is 24.3 Å². The van der Waals surface area contributed by atoms with Gasteiger partial charge in [0.25, 0.3) is 0 Å². The summed E-state index contributed by atoms with van der Waals surface area (Å²) in [4.78, 5) is 0. The molecule has 1 heterocycles. The molecule has 112 valence electrons. The second kappa shape index (κ2) is 7.38. The van der Waals surface area contributed by atoms with Gasteiger partial charge in [0.15, 0.2) is 0 Å². The van der Waals surface area contributed by atoms with Crippen molar-refractivity contribution in [3.8, 4) is 11.5 Å². The van der Waals surface area contributed by atoms with E-state index in [1.807, 2.05) is 0 Å². The number of aryl methyl sites for hydroxylation is 1. The van der Waals surface area contributed by atoms with E-state index >= 15 is 0 Å². The first-order valence-electron chi connectivity index (χ1n) is 7.39. The quantitative estimate of drug-likeness (QED) is 0.759. The lowest BCUT2D eigenvalue weighted by Crippen LogP contribution is -2.29. The Bertz CT molecular complexity index is 554. The smallest absolute Gasteiger partial charge is 0.423 e. The zero-order valence-electron chi connectivity index (χ0n) is 12.5. The molecule has 0 saturated carbocycles. The maximum Gasteiger partial charge on any atom is 0.488 e. The lowest BCUT2D eigenvalue weighted by Gasteiger charge is -2.05. The first kappa shape index (κ1) is 15.7. The molecule has 1 atom stereocenters. The van der Waals surface area contributed by atoms with Crippen LogP contribution in [0.1, 0.15) is 39.0 Å². The predicted octanol–water partition coefficient (Wildman–Crippen LogP) is 1.79. The van der Waals surface area contributed by atoms with Crippen LogP contribution in [0.5, 0.6) is 0 Å². The maximum absolute atomic E-state index is 9.06. The number of hydrogen-bond acceptors (Lipinski definition) is 5. The lowest BCUT2D eigenvalue weighted by atomic mass is 9.80. The van der Waals surface area contributed by atoms with Gasteiger partial charge >= 0.3 is 7.12 Å². The van der Waals surface area contributed by atoms with E-state index in [0.717, 1.165) is 30.7 Å². The number of hydrogen-bond donors (Lipinski definition) is 2. The molecule has 1 unspecified atom stereocenters. The van der Waals surface area contributed by atoms with Crippen LogP contribution < -0.4 is 5.46 Å². The number of aromatic nitrogens is 2. The van der Waals surface area contributed by atoms with E-state index < -0.39 is 7.12 Å². The molecule has 0 fully saturated rings. The summed E-state index contributed by atoms with van der Waals surface area (Å²) < 4.78 is 5.64. The average Bonchev–Trinajstić information content (AvgIpc) is 2.96. The minimum atomic E-state index is -1.46. The van der Waals surface area contributed by atoms with Crippen LogP contribution >= 0.6 is 0 Å². The molecule has 0 radical (unpaired) electrons. The van der Waals surface area contributed by atoms with Gasteiger partial charge in [0.2, 0.25) is 11.8 Å². The first-order chi connectivity index (χ1) is 10.1. The molecule has 21 heavy (non-hydrogen) atoms. The Morgan fingerprint density at radius 2 is 1.90 bits per heavy atom. The van der Waals surface area contributed by atoms with E-state index in [0.29, 0.717) is 17.2 Å². The Morgan fingerprint density at radius 1 is 1.19 bits per heavy atom. The number of benzene rings is 1. The maximum atomic E-state index is 9.06. The zero-order chi connectivity index (χ0) is 15.2. The molecule has 6 heteroatoms. The highest BCUT2D eigenvalue weighted by Crippen LogP contribution is 2.18. The van der Waals surface area contributed by atoms with E-state index in [1.165, 1.54) is 6.42 Å². The van der Waals surface area contributed by atoms with Crippen molar-refractivity contribution in [1.82, 2.24) is 10.2 Å². The van der Waals surface area contributed by atoms with Crippen molar-refractivity contribution in [3.63, 3.8) is 0 Å². The van der Waals surface area contributed by atoms with Crippen LogP contribution in [0, 0.1) is 5.92 Å². The summed E-state index contributed by atoms with van der Waals surface area (Å²) >= 11 is 0. The van der Waals surface area contributed by atoms with Gasteiger partial charge in [-0.15, -0.1) is 10.2 Å². The molecular weight excluding hydrogens is 267 g/mol. The molecule has 0 saturated heterocycles. The molecule has 2 aromatic rings. The SMILES string of the molecule is CCC(C)CCCc1nnc(-c2ccc(B(O)O)cc2)o1. The van der Waals surface area contributed by atoms with Crippen LogP contribution in [0.25, 0.3) is 11.5 Å². The van der Waals surface area contributed by atoms with Crippen molar-refractivity contribution >= 4 is 12.6 Å². The fourth-order valence-corrected chi connectivity index (χ4v) is 2.07. The first-order valence-corrected chi connectivity index (χ1v) is 7.39. The van der Waals surface area contributed by atoms with Gasteiger partial charge in [-0.3, -0.25) is 0 Å². The van der Waals surface area contributed by atoms with Crippen LogP contribution in [0.15, 0.2) is 28.7 Å². The van der Waals surface area contributed by atoms with Crippen LogP contribution in [-0.4, -0.2) is 27.4 Å². The molecule has 5 nitrogen and oxygen atoms in total. The molecule has 0 aliphatic carbocycles. The Hall–Kier alpha value is -1.66. The Kier molecular flexibility index (Phi) is 5.53. The molecule has 0 bridgehead atoms. The van der Waals surface area contributed by atoms with Gasteiger partial charge in [0.1, 0.15) is 0 Å². The van der Waals surface area contributed by atoms with Gasteiger partial charge in [0.05, 0.1) is 0 Å². The topological polar surface area (TPSA) is 79.4 Å². The highest BCUT2D eigenvalue weighted by atomic mass is 16.4. The Labute approximate surface area is 125 Å². The summed E-state index contributed by atoms with van der Waals surface area (Å²) in [6.07, 6.45) is 4.20. The molecular formula is C15H21BN2O3. The van der Waals surface area contributed by atoms with Gasteiger partial charge < -0.3 is 14.5 Å². The third-order valence-corrected chi connectivity index (χ3v) is 3.71. The van der Waals surface area contributed by atoms with Gasteiger partial charge in [-0.1, -0.05) is 38.8 Å². The molecule has 0 aliphatic rings. The second-order valence-electron chi connectivity index (χ2n) is 5.40. The fourth-order valence-electron chi connectivity index (χ4n) is 2.07. The third-order valence-electron chi connectivity index (χ3n) is 3.71. The van der Waals surface area contributed by atoms with E-state index in [2.05, 4.69) is 24.0 Å². The standard InChI is InChI=1S/C15H21BN2O3/c1-3-11(2)5-4-6-14-17-18-15(21-14)12-7-9-13(10-8-12)16(19)20/h7-11,19-20H,3-6H2,1-2H3. The molecule has 2 N–H and O–H groups in total. The van der Waals surface area contributed by atoms with Crippen LogP contribution in [0.2, 0.25) is 0 Å². The van der Waals surface area contributed by atoms with Crippen molar-refractivity contribution in [3.05, 3.63) is 30.2 Å². The van der Waals surface area contributed by atoms with E-state index in [-0.39, 0.29) is 0 Å². The van der Waals surface area contributed by atoms with Gasteiger partial charge in [-0.25, -0.2) is 0 Å². The summed E-state index contributed by atoms with van der Waals surface area (Å²) in [5.74, 6) is 1.84. The van der Waals surface area contributed by atoms with Crippen molar-refractivity contribution in [2.24, 2.45) is 5.92 Å². The molecule has 1 aromatic carbocycles. The zero-order valence-corrected chi connectivity index (χ0v) is 12.5. The Morgan fingerprint density at radius 3 is 2.52 bits per heavy atom. The predicted molar refractivity (Wildman–Crippen MR) is 82.0 cm³/mol. The summed E-state index contributed by atoms with van der Waals surface area (Å²) in [6, 6.07) is 6.75. The minimum Gasteiger partial charge on any atom is -0.423 e. The number of nitrogens with zero attached hydrogens (tertiary/aromatic N) is 2. The van der Waals surface area contributed by atoms with Crippen molar-refractivity contribution in [2.75, 3.05) is 0 Å². The average molecular weight is 288 g/mol. The third kappa shape index (κ3) is 4.41. The monoisotopic (exact) mass is 288 g/mol. The second-order valence-corrected chi connectivity index (χ2v) is 5.40. The minimum absolute atomic E-state index is 0.437. The largest absolute Gasteiger partial charge is 0.488 e. The Balaban J connectivity index is 1.96. The van der Waals surface area contributed by atoms with Crippen molar-refractivity contribution in [2.45, 2.75) is 39.5 Å². The summed E-state index contributed by atoms with van der Waals surface area (Å²) in [6.45, 7) is 4.44. The van der Waals surface area contributed by atoms with Gasteiger partial charge in [0, 0.05) is 12.0 Å². The molecule has 0 aliphatic heterocycles. The van der Waals surface area contributed by atoms with E-state index in [4.69, 9.17) is 14.5 Å². The molecule has 0 amide bonds. The van der Waals surface area contributed by atoms with Crippen molar-refractivity contribution < 1.29 is 14.5 Å². The summed E-state index contributed by atoms with van der Waals surface area (Å²) in [5, 5.41) is 26.2. The molecule has 1 aromatic heterocycles. The highest BCUT2D eigenvalue weighted by molar-refractivity contribution is 6.58. The highest BCUT2D eigenvalue weighted by Gasteiger charge is 2.13. The summed E-state index contributed by atoms with van der Waals surface area (Å²) in [7, 11) is -1.46. The van der Waals surface area contributed by atoms with Crippen LogP contribution in [0.4, 0.5) is 0 Å². The lowest BCUT2D eigenvalue weighted by molar-refractivity contribution is 0.425. The molecule has 0 spiro atoms. The normalized spacial score (nSPS) is 12.4. The van der Waals surface area contributed by atoms with Crippen LogP contribution in [0.3, 0.4) is 0 Å². The van der Waals surface area contributed by atoms with Gasteiger partial charge in [-0.2, -0.15) is 0 Å². The van der Waals surface area contributed by atoms with Crippen molar-refractivity contribution in [1.29, 1.82) is 0 Å². The number of rotatable bonds is 7. The fraction of sp³-hybridized carbons (Fsp3) is 0.467. The summed E-state index contributed by atoms with van der Waals surface area (Å²) in [5.41, 5.74) is 1.21.